The average molecular weight is 298 g/mol. The van der Waals surface area contributed by atoms with Gasteiger partial charge in [0.15, 0.2) is 0 Å². The number of benzene rings is 1. The lowest BCUT2D eigenvalue weighted by atomic mass is 10.1. The van der Waals surface area contributed by atoms with E-state index < -0.39 is 4.93 Å². The third-order valence-corrected chi connectivity index (χ3v) is 9.99. The molecule has 2 saturated heterocycles. The molecule has 4 rings (SSSR count). The maximum atomic E-state index is 9.99. The quantitative estimate of drug-likeness (QED) is 0.521. The van der Waals surface area contributed by atoms with Gasteiger partial charge in [-0.1, -0.05) is 45.9 Å². The van der Waals surface area contributed by atoms with Gasteiger partial charge < -0.3 is 5.11 Å². The molecule has 2 heterocycles. The zero-order valence-corrected chi connectivity index (χ0v) is 12.0. The minimum atomic E-state index is -0.518. The molecule has 5 heteroatoms. The van der Waals surface area contributed by atoms with E-state index >= 15 is 0 Å². The highest BCUT2D eigenvalue weighted by atomic mass is 33.1. The van der Waals surface area contributed by atoms with Crippen LogP contribution in [0.3, 0.4) is 0 Å². The Hall–Kier alpha value is 0.320. The first-order valence-electron chi connectivity index (χ1n) is 5.41. The molecule has 0 bridgehead atoms. The predicted octanol–water partition coefficient (Wildman–Crippen LogP) is 3.61. The van der Waals surface area contributed by atoms with E-state index in [0.29, 0.717) is 10.5 Å². The molecule has 4 atom stereocenters. The second-order valence-corrected chi connectivity index (χ2v) is 9.92. The van der Waals surface area contributed by atoms with Gasteiger partial charge in [-0.2, -0.15) is 0 Å². The first-order valence-corrected chi connectivity index (χ1v) is 9.32. The molecule has 0 spiro atoms. The van der Waals surface area contributed by atoms with Gasteiger partial charge in [0.2, 0.25) is 0 Å². The summed E-state index contributed by atoms with van der Waals surface area (Å²) in [6.07, 6.45) is 4.21. The van der Waals surface area contributed by atoms with Crippen molar-refractivity contribution in [3.8, 4) is 0 Å². The van der Waals surface area contributed by atoms with Crippen molar-refractivity contribution in [2.75, 3.05) is 0 Å². The number of rotatable bonds is 3. The topological polar surface area (TPSA) is 20.2 Å². The third-order valence-electron chi connectivity index (χ3n) is 3.16. The van der Waals surface area contributed by atoms with Crippen LogP contribution in [0.4, 0.5) is 0 Å². The fourth-order valence-corrected chi connectivity index (χ4v) is 8.52. The Bertz CT molecular complexity index is 491. The SMILES string of the molecule is OC12C=CC3(SSc4ccccc4)SC3C1S2. The lowest BCUT2D eigenvalue weighted by molar-refractivity contribution is 0.217. The number of hydrogen-bond acceptors (Lipinski definition) is 5. The van der Waals surface area contributed by atoms with Crippen molar-refractivity contribution in [2.24, 2.45) is 0 Å². The maximum absolute atomic E-state index is 9.99. The summed E-state index contributed by atoms with van der Waals surface area (Å²) < 4.78 is 0.223. The van der Waals surface area contributed by atoms with Crippen LogP contribution in [-0.2, 0) is 0 Å². The van der Waals surface area contributed by atoms with E-state index in [1.165, 1.54) is 4.90 Å². The number of fused-ring (bicyclic) bond motifs is 3. The van der Waals surface area contributed by atoms with Crippen LogP contribution >= 0.6 is 45.1 Å². The van der Waals surface area contributed by atoms with Crippen molar-refractivity contribution in [3.63, 3.8) is 0 Å². The molecule has 1 aliphatic carbocycles. The van der Waals surface area contributed by atoms with E-state index in [9.17, 15) is 5.11 Å². The highest BCUT2D eigenvalue weighted by Crippen LogP contribution is 2.77. The molecule has 0 amide bonds. The summed E-state index contributed by atoms with van der Waals surface area (Å²) in [7, 11) is 3.76. The van der Waals surface area contributed by atoms with Gasteiger partial charge in [0.05, 0.1) is 10.5 Å². The molecule has 1 aromatic carbocycles. The monoisotopic (exact) mass is 298 g/mol. The van der Waals surface area contributed by atoms with Crippen LogP contribution in [0.5, 0.6) is 0 Å². The minimum Gasteiger partial charge on any atom is -0.375 e. The Balaban J connectivity index is 1.47. The summed E-state index contributed by atoms with van der Waals surface area (Å²) in [5.41, 5.74) is 0. The third kappa shape index (κ3) is 1.78. The molecule has 2 aliphatic heterocycles. The molecule has 2 fully saturated rings. The van der Waals surface area contributed by atoms with Crippen molar-refractivity contribution >= 4 is 45.1 Å². The summed E-state index contributed by atoms with van der Waals surface area (Å²) in [6, 6.07) is 10.5. The highest BCUT2D eigenvalue weighted by molar-refractivity contribution is 8.79. The molecule has 1 N–H and O–H groups in total. The van der Waals surface area contributed by atoms with E-state index in [4.69, 9.17) is 0 Å². The Morgan fingerprint density at radius 3 is 2.71 bits per heavy atom. The van der Waals surface area contributed by atoms with E-state index in [2.05, 4.69) is 30.3 Å². The van der Waals surface area contributed by atoms with Gasteiger partial charge in [-0.3, -0.25) is 0 Å². The van der Waals surface area contributed by atoms with E-state index in [1.807, 2.05) is 45.5 Å². The molecule has 1 nitrogen and oxygen atoms in total. The molecule has 0 aromatic heterocycles. The fourth-order valence-electron chi connectivity index (χ4n) is 2.07. The van der Waals surface area contributed by atoms with Crippen LogP contribution in [0, 0.1) is 0 Å². The second-order valence-electron chi connectivity index (χ2n) is 4.36. The summed E-state index contributed by atoms with van der Waals surface area (Å²) in [5.74, 6) is 0. The van der Waals surface area contributed by atoms with Crippen LogP contribution < -0.4 is 0 Å². The number of hydrogen-bond donors (Lipinski definition) is 1. The van der Waals surface area contributed by atoms with Crippen molar-refractivity contribution in [1.29, 1.82) is 0 Å². The Labute approximate surface area is 117 Å². The van der Waals surface area contributed by atoms with Gasteiger partial charge in [0.25, 0.3) is 0 Å². The minimum absolute atomic E-state index is 0.223. The van der Waals surface area contributed by atoms with Crippen LogP contribution in [0.25, 0.3) is 0 Å². The maximum Gasteiger partial charge on any atom is 0.142 e. The van der Waals surface area contributed by atoms with Gasteiger partial charge in [-0.05, 0) is 18.2 Å². The molecule has 17 heavy (non-hydrogen) atoms. The van der Waals surface area contributed by atoms with Crippen molar-refractivity contribution in [2.45, 2.75) is 24.4 Å². The molecular formula is C12H10OS4. The molecule has 4 unspecified atom stereocenters. The fraction of sp³-hybridized carbons (Fsp3) is 0.333. The first-order chi connectivity index (χ1) is 8.22. The van der Waals surface area contributed by atoms with Crippen LogP contribution in [0.1, 0.15) is 0 Å². The first kappa shape index (κ1) is 11.2. The zero-order chi connectivity index (χ0) is 11.5. The van der Waals surface area contributed by atoms with Gasteiger partial charge in [0, 0.05) is 4.90 Å². The van der Waals surface area contributed by atoms with Crippen molar-refractivity contribution < 1.29 is 5.11 Å². The largest absolute Gasteiger partial charge is 0.375 e. The molecule has 3 aliphatic rings. The summed E-state index contributed by atoms with van der Waals surface area (Å²) in [4.78, 5) is 0.783. The number of thioether (sulfide) groups is 2. The van der Waals surface area contributed by atoms with E-state index in [1.54, 1.807) is 11.8 Å². The second kappa shape index (κ2) is 3.67. The van der Waals surface area contributed by atoms with Gasteiger partial charge in [0.1, 0.15) is 9.01 Å². The molecule has 88 valence electrons. The Morgan fingerprint density at radius 2 is 1.88 bits per heavy atom. The highest BCUT2D eigenvalue weighted by Gasteiger charge is 2.73. The van der Waals surface area contributed by atoms with E-state index in [-0.39, 0.29) is 4.08 Å². The Kier molecular flexibility index (Phi) is 2.41. The number of aliphatic hydroxyl groups is 1. The van der Waals surface area contributed by atoms with Crippen LogP contribution in [0.2, 0.25) is 0 Å². The van der Waals surface area contributed by atoms with Crippen LogP contribution in [-0.4, -0.2) is 24.6 Å². The smallest absolute Gasteiger partial charge is 0.142 e. The molecule has 0 saturated carbocycles. The summed E-state index contributed by atoms with van der Waals surface area (Å²) >= 11 is 3.69. The summed E-state index contributed by atoms with van der Waals surface area (Å²) in [5, 5.41) is 11.0. The summed E-state index contributed by atoms with van der Waals surface area (Å²) in [6.45, 7) is 0. The molecule has 0 radical (unpaired) electrons. The van der Waals surface area contributed by atoms with Crippen molar-refractivity contribution in [3.05, 3.63) is 42.5 Å². The standard InChI is InChI=1S/C12H10OS4/c13-11-6-7-12(10(15-12)9(11)14-11)17-16-8-4-2-1-3-5-8/h1-7,9-10,13H. The lowest BCUT2D eigenvalue weighted by Gasteiger charge is -2.14. The van der Waals surface area contributed by atoms with Crippen LogP contribution in [0.15, 0.2) is 47.4 Å². The van der Waals surface area contributed by atoms with Gasteiger partial charge >= 0.3 is 0 Å². The van der Waals surface area contributed by atoms with Gasteiger partial charge in [-0.25, -0.2) is 0 Å². The van der Waals surface area contributed by atoms with Gasteiger partial charge in [-0.15, -0.1) is 23.5 Å². The molecule has 1 aromatic rings. The predicted molar refractivity (Wildman–Crippen MR) is 79.5 cm³/mol. The lowest BCUT2D eigenvalue weighted by Crippen LogP contribution is -2.23. The van der Waals surface area contributed by atoms with Crippen molar-refractivity contribution in [1.82, 2.24) is 0 Å². The zero-order valence-electron chi connectivity index (χ0n) is 8.78. The normalized spacial score (nSPS) is 45.0. The average Bonchev–Trinajstić information content (AvgIpc) is 3.21. The Morgan fingerprint density at radius 1 is 1.06 bits per heavy atom. The van der Waals surface area contributed by atoms with E-state index in [0.717, 1.165) is 0 Å². The molecular weight excluding hydrogens is 288 g/mol.